The van der Waals surface area contributed by atoms with E-state index in [0.29, 0.717) is 0 Å². The lowest BCUT2D eigenvalue weighted by Crippen LogP contribution is -2.40. The first-order valence-corrected chi connectivity index (χ1v) is 7.89. The fourth-order valence-corrected chi connectivity index (χ4v) is 4.56. The molecule has 102 valence electrons. The summed E-state index contributed by atoms with van der Waals surface area (Å²) in [6.45, 7) is 5.93. The van der Waals surface area contributed by atoms with Crippen LogP contribution in [0.4, 0.5) is 0 Å². The molecule has 2 nitrogen and oxygen atoms in total. The van der Waals surface area contributed by atoms with E-state index in [1.807, 2.05) is 0 Å². The van der Waals surface area contributed by atoms with Crippen LogP contribution < -0.4 is 0 Å². The molecule has 2 atom stereocenters. The number of aldehydes is 1. The van der Waals surface area contributed by atoms with E-state index in [0.717, 1.165) is 37.1 Å². The van der Waals surface area contributed by atoms with Gasteiger partial charge >= 0.3 is 0 Å². The molecule has 18 heavy (non-hydrogen) atoms. The maximum atomic E-state index is 11.6. The third-order valence-electron chi connectivity index (χ3n) is 5.86. The van der Waals surface area contributed by atoms with E-state index in [9.17, 15) is 4.79 Å². The van der Waals surface area contributed by atoms with Gasteiger partial charge in [0.2, 0.25) is 0 Å². The molecule has 0 spiro atoms. The van der Waals surface area contributed by atoms with Gasteiger partial charge in [-0.3, -0.25) is 0 Å². The van der Waals surface area contributed by atoms with Crippen LogP contribution in [-0.4, -0.2) is 30.8 Å². The summed E-state index contributed by atoms with van der Waals surface area (Å²) in [6, 6.07) is 0. The number of carbonyl (C=O) groups excluding carboxylic acids is 1. The zero-order chi connectivity index (χ0) is 12.6. The fourth-order valence-electron chi connectivity index (χ4n) is 4.56. The molecule has 0 aromatic heterocycles. The summed E-state index contributed by atoms with van der Waals surface area (Å²) in [5, 5.41) is 0. The molecule has 2 heteroatoms. The van der Waals surface area contributed by atoms with Gasteiger partial charge in [0.05, 0.1) is 0 Å². The van der Waals surface area contributed by atoms with E-state index in [4.69, 9.17) is 0 Å². The van der Waals surface area contributed by atoms with Gasteiger partial charge in [-0.05, 0) is 56.3 Å². The molecule has 3 fully saturated rings. The van der Waals surface area contributed by atoms with Gasteiger partial charge in [0.1, 0.15) is 6.29 Å². The van der Waals surface area contributed by atoms with Crippen LogP contribution in [0.15, 0.2) is 0 Å². The number of fused-ring (bicyclic) bond motifs is 1. The Morgan fingerprint density at radius 3 is 2.28 bits per heavy atom. The zero-order valence-electron chi connectivity index (χ0n) is 11.7. The Hall–Kier alpha value is -0.370. The molecule has 1 aliphatic heterocycles. The van der Waals surface area contributed by atoms with Crippen molar-refractivity contribution in [3.05, 3.63) is 0 Å². The quantitative estimate of drug-likeness (QED) is 0.716. The Kier molecular flexibility index (Phi) is 3.48. The number of hydrogen-bond acceptors (Lipinski definition) is 2. The van der Waals surface area contributed by atoms with Crippen molar-refractivity contribution >= 4 is 6.29 Å². The average Bonchev–Trinajstić information content (AvgIpc) is 2.93. The fraction of sp³-hybridized carbons (Fsp3) is 0.938. The molecule has 2 aliphatic carbocycles. The molecule has 1 heterocycles. The highest BCUT2D eigenvalue weighted by Crippen LogP contribution is 2.42. The molecule has 2 saturated carbocycles. The average molecular weight is 249 g/mol. The van der Waals surface area contributed by atoms with Crippen LogP contribution in [0, 0.1) is 23.2 Å². The lowest BCUT2D eigenvalue weighted by Gasteiger charge is -2.38. The highest BCUT2D eigenvalue weighted by molar-refractivity contribution is 5.60. The Bertz CT molecular complexity index is 294. The summed E-state index contributed by atoms with van der Waals surface area (Å²) in [5.41, 5.74) is 0.00511. The molecule has 0 bridgehead atoms. The Morgan fingerprint density at radius 2 is 1.72 bits per heavy atom. The normalized spacial score (nSPS) is 45.1. The van der Waals surface area contributed by atoms with E-state index in [2.05, 4.69) is 11.8 Å². The van der Waals surface area contributed by atoms with E-state index >= 15 is 0 Å². The summed E-state index contributed by atoms with van der Waals surface area (Å²) in [4.78, 5) is 14.2. The standard InChI is InChI=1S/C16H27NO/c1-13-5-7-16(12-18,8-6-13)11-17-9-14-3-2-4-15(14)10-17/h12-15H,2-11H2,1H3. The number of hydrogen-bond donors (Lipinski definition) is 0. The number of carbonyl (C=O) groups is 1. The lowest BCUT2D eigenvalue weighted by atomic mass is 9.71. The van der Waals surface area contributed by atoms with Gasteiger partial charge in [-0.1, -0.05) is 13.3 Å². The molecule has 1 saturated heterocycles. The second kappa shape index (κ2) is 4.96. The largest absolute Gasteiger partial charge is 0.303 e. The molecule has 3 aliphatic rings. The predicted octanol–water partition coefficient (Wildman–Crippen LogP) is 3.11. The van der Waals surface area contributed by atoms with Crippen LogP contribution >= 0.6 is 0 Å². The lowest BCUT2D eigenvalue weighted by molar-refractivity contribution is -0.119. The van der Waals surface area contributed by atoms with Gasteiger partial charge in [0.25, 0.3) is 0 Å². The van der Waals surface area contributed by atoms with Crippen molar-refractivity contribution in [2.45, 2.75) is 51.9 Å². The van der Waals surface area contributed by atoms with Gasteiger partial charge < -0.3 is 9.69 Å². The number of nitrogens with zero attached hydrogens (tertiary/aromatic N) is 1. The summed E-state index contributed by atoms with van der Waals surface area (Å²) >= 11 is 0. The summed E-state index contributed by atoms with van der Waals surface area (Å²) < 4.78 is 0. The SMILES string of the molecule is CC1CCC(C=O)(CN2CC3CCCC3C2)CC1. The second-order valence-corrected chi connectivity index (χ2v) is 7.31. The first-order chi connectivity index (χ1) is 8.71. The first-order valence-electron chi connectivity index (χ1n) is 7.89. The van der Waals surface area contributed by atoms with E-state index < -0.39 is 0 Å². The number of likely N-dealkylation sites (tertiary alicyclic amines) is 1. The molecule has 0 N–H and O–H groups in total. The van der Waals surface area contributed by atoms with Crippen LogP contribution in [0.25, 0.3) is 0 Å². The Morgan fingerprint density at radius 1 is 1.11 bits per heavy atom. The van der Waals surface area contributed by atoms with Crippen molar-refractivity contribution in [2.24, 2.45) is 23.2 Å². The molecule has 0 amide bonds. The second-order valence-electron chi connectivity index (χ2n) is 7.31. The molecule has 0 aromatic rings. The highest BCUT2D eigenvalue weighted by atomic mass is 16.1. The van der Waals surface area contributed by atoms with Crippen molar-refractivity contribution in [3.63, 3.8) is 0 Å². The minimum atomic E-state index is 0.00511. The summed E-state index contributed by atoms with van der Waals surface area (Å²) in [7, 11) is 0. The van der Waals surface area contributed by atoms with Crippen LogP contribution in [0.5, 0.6) is 0 Å². The van der Waals surface area contributed by atoms with Crippen LogP contribution in [0.2, 0.25) is 0 Å². The van der Waals surface area contributed by atoms with Gasteiger partial charge in [0, 0.05) is 25.0 Å². The van der Waals surface area contributed by atoms with Gasteiger partial charge in [-0.2, -0.15) is 0 Å². The summed E-state index contributed by atoms with van der Waals surface area (Å²) in [5.74, 6) is 2.74. The smallest absolute Gasteiger partial charge is 0.127 e. The highest BCUT2D eigenvalue weighted by Gasteiger charge is 2.41. The van der Waals surface area contributed by atoms with Crippen molar-refractivity contribution < 1.29 is 4.79 Å². The topological polar surface area (TPSA) is 20.3 Å². The van der Waals surface area contributed by atoms with Crippen molar-refractivity contribution in [2.75, 3.05) is 19.6 Å². The van der Waals surface area contributed by atoms with Crippen molar-refractivity contribution in [1.82, 2.24) is 4.90 Å². The van der Waals surface area contributed by atoms with Crippen LogP contribution in [0.3, 0.4) is 0 Å². The summed E-state index contributed by atoms with van der Waals surface area (Å²) in [6.07, 6.45) is 10.4. The van der Waals surface area contributed by atoms with Crippen LogP contribution in [-0.2, 0) is 4.79 Å². The molecule has 0 aromatic carbocycles. The maximum Gasteiger partial charge on any atom is 0.127 e. The van der Waals surface area contributed by atoms with Gasteiger partial charge in [0.15, 0.2) is 0 Å². The van der Waals surface area contributed by atoms with Crippen molar-refractivity contribution in [3.8, 4) is 0 Å². The minimum absolute atomic E-state index is 0.00511. The van der Waals surface area contributed by atoms with Gasteiger partial charge in [-0.25, -0.2) is 0 Å². The van der Waals surface area contributed by atoms with E-state index in [-0.39, 0.29) is 5.41 Å². The first kappa shape index (κ1) is 12.7. The zero-order valence-corrected chi connectivity index (χ0v) is 11.7. The van der Waals surface area contributed by atoms with E-state index in [1.165, 1.54) is 51.5 Å². The number of rotatable bonds is 3. The third-order valence-corrected chi connectivity index (χ3v) is 5.86. The van der Waals surface area contributed by atoms with Crippen molar-refractivity contribution in [1.29, 1.82) is 0 Å². The Balaban J connectivity index is 1.59. The molecule has 2 unspecified atom stereocenters. The maximum absolute atomic E-state index is 11.6. The van der Waals surface area contributed by atoms with Gasteiger partial charge in [-0.15, -0.1) is 0 Å². The molecular formula is C16H27NO. The monoisotopic (exact) mass is 249 g/mol. The molecule has 0 radical (unpaired) electrons. The molecular weight excluding hydrogens is 222 g/mol. The Labute approximate surface area is 111 Å². The predicted molar refractivity (Wildman–Crippen MR) is 73.4 cm³/mol. The molecule has 3 rings (SSSR count). The van der Waals surface area contributed by atoms with Crippen LogP contribution in [0.1, 0.15) is 51.9 Å². The van der Waals surface area contributed by atoms with E-state index in [1.54, 1.807) is 0 Å². The third kappa shape index (κ3) is 2.36. The minimum Gasteiger partial charge on any atom is -0.303 e.